The number of nitrogens with two attached hydrogens (primary N) is 1. The Bertz CT molecular complexity index is 450. The second-order valence-corrected chi connectivity index (χ2v) is 3.80. The zero-order chi connectivity index (χ0) is 10.1. The number of aromatic nitrogens is 2. The second-order valence-electron chi connectivity index (χ2n) is 3.40. The molecule has 0 aliphatic rings. The molecule has 4 heteroatoms. The minimum Gasteiger partial charge on any atom is -0.346 e. The van der Waals surface area contributed by atoms with Gasteiger partial charge in [-0.1, -0.05) is 18.5 Å². The van der Waals surface area contributed by atoms with Gasteiger partial charge in [0.2, 0.25) is 0 Å². The highest BCUT2D eigenvalue weighted by Gasteiger charge is 2.13. The number of fused-ring (bicyclic) bond motifs is 1. The summed E-state index contributed by atoms with van der Waals surface area (Å²) in [6, 6.07) is 1.98. The molecule has 0 aliphatic heterocycles. The van der Waals surface area contributed by atoms with Crippen molar-refractivity contribution < 1.29 is 0 Å². The molecule has 0 amide bonds. The molecule has 0 fully saturated rings. The number of aromatic amines is 1. The van der Waals surface area contributed by atoms with E-state index in [1.807, 2.05) is 12.3 Å². The topological polar surface area (TPSA) is 54.7 Å². The molecule has 0 aromatic carbocycles. The summed E-state index contributed by atoms with van der Waals surface area (Å²) in [5, 5.41) is 1.76. The van der Waals surface area contributed by atoms with E-state index in [9.17, 15) is 0 Å². The van der Waals surface area contributed by atoms with Gasteiger partial charge in [0.15, 0.2) is 0 Å². The van der Waals surface area contributed by atoms with Crippen molar-refractivity contribution >= 4 is 22.6 Å². The fourth-order valence-electron chi connectivity index (χ4n) is 1.62. The van der Waals surface area contributed by atoms with Crippen LogP contribution >= 0.6 is 11.6 Å². The molecule has 0 bridgehead atoms. The van der Waals surface area contributed by atoms with E-state index in [0.29, 0.717) is 11.6 Å². The maximum absolute atomic E-state index is 6.10. The molecular weight excluding hydrogens is 198 g/mol. The lowest BCUT2D eigenvalue weighted by Crippen LogP contribution is -2.09. The van der Waals surface area contributed by atoms with E-state index in [1.165, 1.54) is 0 Å². The van der Waals surface area contributed by atoms with Crippen LogP contribution in [0.1, 0.15) is 18.4 Å². The Balaban J connectivity index is 2.70. The van der Waals surface area contributed by atoms with Crippen molar-refractivity contribution in [2.45, 2.75) is 12.8 Å². The zero-order valence-corrected chi connectivity index (χ0v) is 8.67. The first-order chi connectivity index (χ1) is 6.74. The molecule has 2 heterocycles. The first-order valence-corrected chi connectivity index (χ1v) is 4.93. The lowest BCUT2D eigenvalue weighted by Gasteiger charge is -2.11. The van der Waals surface area contributed by atoms with Gasteiger partial charge in [-0.3, -0.25) is 0 Å². The number of pyridine rings is 1. The van der Waals surface area contributed by atoms with Crippen molar-refractivity contribution in [3.8, 4) is 0 Å². The van der Waals surface area contributed by atoms with Crippen LogP contribution in [0.4, 0.5) is 0 Å². The summed E-state index contributed by atoms with van der Waals surface area (Å²) in [7, 11) is 0. The average Bonchev–Trinajstić information content (AvgIpc) is 2.64. The molecule has 0 aliphatic carbocycles. The van der Waals surface area contributed by atoms with Gasteiger partial charge in [0.25, 0.3) is 0 Å². The highest BCUT2D eigenvalue weighted by molar-refractivity contribution is 6.32. The smallest absolute Gasteiger partial charge is 0.137 e. The van der Waals surface area contributed by atoms with Crippen LogP contribution in [0.5, 0.6) is 0 Å². The van der Waals surface area contributed by atoms with Gasteiger partial charge in [-0.15, -0.1) is 0 Å². The van der Waals surface area contributed by atoms with Gasteiger partial charge in [0, 0.05) is 17.8 Å². The maximum atomic E-state index is 6.10. The third kappa shape index (κ3) is 1.38. The van der Waals surface area contributed by atoms with Gasteiger partial charge in [-0.25, -0.2) is 4.98 Å². The fourth-order valence-corrected chi connectivity index (χ4v) is 1.96. The molecule has 0 saturated carbocycles. The van der Waals surface area contributed by atoms with E-state index >= 15 is 0 Å². The second kappa shape index (κ2) is 3.59. The molecule has 0 spiro atoms. The molecule has 14 heavy (non-hydrogen) atoms. The molecule has 0 unspecified atom stereocenters. The van der Waals surface area contributed by atoms with E-state index in [0.717, 1.165) is 16.6 Å². The molecule has 2 rings (SSSR count). The van der Waals surface area contributed by atoms with Crippen LogP contribution in [-0.2, 0) is 0 Å². The van der Waals surface area contributed by atoms with Gasteiger partial charge in [-0.2, -0.15) is 0 Å². The highest BCUT2D eigenvalue weighted by Crippen LogP contribution is 2.29. The lowest BCUT2D eigenvalue weighted by molar-refractivity contribution is 0.780. The van der Waals surface area contributed by atoms with Crippen LogP contribution in [0.2, 0.25) is 5.02 Å². The van der Waals surface area contributed by atoms with E-state index in [1.54, 1.807) is 6.20 Å². The number of H-pyrrole nitrogens is 1. The van der Waals surface area contributed by atoms with Gasteiger partial charge in [-0.05, 0) is 24.1 Å². The SMILES string of the molecule is C[C@H](CN)c1c(Cl)cnc2[nH]ccc12. The number of nitrogens with zero attached hydrogens (tertiary/aromatic N) is 1. The zero-order valence-electron chi connectivity index (χ0n) is 7.92. The Morgan fingerprint density at radius 1 is 1.64 bits per heavy atom. The minimum atomic E-state index is 0.254. The van der Waals surface area contributed by atoms with Crippen molar-refractivity contribution in [1.82, 2.24) is 9.97 Å². The molecule has 1 atom stereocenters. The van der Waals surface area contributed by atoms with Crippen LogP contribution in [0.15, 0.2) is 18.5 Å². The Morgan fingerprint density at radius 3 is 3.14 bits per heavy atom. The molecule has 2 aromatic rings. The van der Waals surface area contributed by atoms with Crippen molar-refractivity contribution in [3.05, 3.63) is 29.0 Å². The van der Waals surface area contributed by atoms with E-state index < -0.39 is 0 Å². The first-order valence-electron chi connectivity index (χ1n) is 4.55. The third-order valence-electron chi connectivity index (χ3n) is 2.43. The minimum absolute atomic E-state index is 0.254. The molecule has 0 saturated heterocycles. The third-order valence-corrected chi connectivity index (χ3v) is 2.73. The van der Waals surface area contributed by atoms with Gasteiger partial charge >= 0.3 is 0 Å². The largest absolute Gasteiger partial charge is 0.346 e. The standard InChI is InChI=1S/C10H12ClN3/c1-6(4-12)9-7-2-3-13-10(7)14-5-8(9)11/h2-3,5-6H,4,12H2,1H3,(H,13,14)/t6-/m1/s1. The molecular formula is C10H12ClN3. The Kier molecular flexibility index (Phi) is 2.44. The lowest BCUT2D eigenvalue weighted by atomic mass is 9.99. The monoisotopic (exact) mass is 209 g/mol. The summed E-state index contributed by atoms with van der Waals surface area (Å²) in [5.74, 6) is 0.254. The summed E-state index contributed by atoms with van der Waals surface area (Å²) >= 11 is 6.10. The normalized spacial score (nSPS) is 13.4. The maximum Gasteiger partial charge on any atom is 0.137 e. The average molecular weight is 210 g/mol. The predicted octanol–water partition coefficient (Wildman–Crippen LogP) is 2.28. The summed E-state index contributed by atoms with van der Waals surface area (Å²) < 4.78 is 0. The van der Waals surface area contributed by atoms with Crippen LogP contribution in [-0.4, -0.2) is 16.5 Å². The molecule has 0 radical (unpaired) electrons. The Morgan fingerprint density at radius 2 is 2.43 bits per heavy atom. The van der Waals surface area contributed by atoms with E-state index in [2.05, 4.69) is 16.9 Å². The molecule has 3 N–H and O–H groups in total. The van der Waals surface area contributed by atoms with Gasteiger partial charge in [0.05, 0.1) is 5.02 Å². The number of nitrogens with one attached hydrogen (secondary N) is 1. The Hall–Kier alpha value is -1.06. The quantitative estimate of drug-likeness (QED) is 0.798. The summed E-state index contributed by atoms with van der Waals surface area (Å²) in [6.45, 7) is 2.65. The van der Waals surface area contributed by atoms with E-state index in [4.69, 9.17) is 17.3 Å². The highest BCUT2D eigenvalue weighted by atomic mass is 35.5. The fraction of sp³-hybridized carbons (Fsp3) is 0.300. The number of rotatable bonds is 2. The van der Waals surface area contributed by atoms with E-state index in [-0.39, 0.29) is 5.92 Å². The van der Waals surface area contributed by atoms with Crippen molar-refractivity contribution in [1.29, 1.82) is 0 Å². The first kappa shape index (κ1) is 9.49. The number of halogens is 1. The molecule has 2 aromatic heterocycles. The van der Waals surface area contributed by atoms with Gasteiger partial charge in [0.1, 0.15) is 5.65 Å². The van der Waals surface area contributed by atoms with Crippen LogP contribution < -0.4 is 5.73 Å². The van der Waals surface area contributed by atoms with Crippen LogP contribution in [0.3, 0.4) is 0 Å². The van der Waals surface area contributed by atoms with Crippen molar-refractivity contribution in [2.24, 2.45) is 5.73 Å². The summed E-state index contributed by atoms with van der Waals surface area (Å²) in [6.07, 6.45) is 3.53. The van der Waals surface area contributed by atoms with Crippen molar-refractivity contribution in [2.75, 3.05) is 6.54 Å². The van der Waals surface area contributed by atoms with Crippen molar-refractivity contribution in [3.63, 3.8) is 0 Å². The summed E-state index contributed by atoms with van der Waals surface area (Å²) in [4.78, 5) is 7.25. The number of hydrogen-bond donors (Lipinski definition) is 2. The molecule has 74 valence electrons. The Labute approximate surface area is 87.3 Å². The van der Waals surface area contributed by atoms with Crippen LogP contribution in [0.25, 0.3) is 11.0 Å². The van der Waals surface area contributed by atoms with Gasteiger partial charge < -0.3 is 10.7 Å². The predicted molar refractivity (Wildman–Crippen MR) is 58.6 cm³/mol. The number of hydrogen-bond acceptors (Lipinski definition) is 2. The summed E-state index contributed by atoms with van der Waals surface area (Å²) in [5.41, 5.74) is 7.59. The molecule has 3 nitrogen and oxygen atoms in total. The van der Waals surface area contributed by atoms with Crippen LogP contribution in [0, 0.1) is 0 Å².